The van der Waals surface area contributed by atoms with E-state index < -0.39 is 5.60 Å². The van der Waals surface area contributed by atoms with Gasteiger partial charge in [0.25, 0.3) is 5.91 Å². The highest BCUT2D eigenvalue weighted by atomic mass is 16.6. The summed E-state index contributed by atoms with van der Waals surface area (Å²) in [5.41, 5.74) is 7.92. The van der Waals surface area contributed by atoms with Gasteiger partial charge in [0, 0.05) is 48.5 Å². The summed E-state index contributed by atoms with van der Waals surface area (Å²) in [5.74, 6) is -0.0561. The Morgan fingerprint density at radius 3 is 2.62 bits per heavy atom. The Hall–Kier alpha value is -4.64. The number of aromatic amines is 1. The Bertz CT molecular complexity index is 1730. The molecule has 1 fully saturated rings. The number of carbonyl (C=O) groups is 2. The molecule has 8 heteroatoms. The average Bonchev–Trinajstić information content (AvgIpc) is 3.62. The van der Waals surface area contributed by atoms with Crippen molar-refractivity contribution in [3.05, 3.63) is 88.2 Å². The molecule has 2 amide bonds. The van der Waals surface area contributed by atoms with Crippen molar-refractivity contribution < 1.29 is 14.3 Å². The second-order valence-corrected chi connectivity index (χ2v) is 12.3. The summed E-state index contributed by atoms with van der Waals surface area (Å²) in [5, 5.41) is 10.2. The first-order chi connectivity index (χ1) is 20.1. The number of nitrogens with one attached hydrogen (secondary N) is 1. The normalized spacial score (nSPS) is 16.8. The fourth-order valence-corrected chi connectivity index (χ4v) is 6.16. The average molecular weight is 562 g/mol. The van der Waals surface area contributed by atoms with E-state index in [4.69, 9.17) is 10.00 Å². The van der Waals surface area contributed by atoms with E-state index in [1.54, 1.807) is 24.3 Å². The van der Waals surface area contributed by atoms with Crippen LogP contribution in [-0.2, 0) is 17.7 Å². The monoisotopic (exact) mass is 561 g/mol. The Morgan fingerprint density at radius 2 is 1.88 bits per heavy atom. The summed E-state index contributed by atoms with van der Waals surface area (Å²) in [4.78, 5) is 38.4. The number of aromatic nitrogens is 2. The van der Waals surface area contributed by atoms with Crippen LogP contribution in [0.5, 0.6) is 0 Å². The van der Waals surface area contributed by atoms with Gasteiger partial charge in [0.15, 0.2) is 0 Å². The smallest absolute Gasteiger partial charge is 0.410 e. The maximum Gasteiger partial charge on any atom is 0.410 e. The molecule has 1 atom stereocenters. The third-order valence-electron chi connectivity index (χ3n) is 8.23. The minimum Gasteiger partial charge on any atom is -0.444 e. The quantitative estimate of drug-likeness (QED) is 0.301. The summed E-state index contributed by atoms with van der Waals surface area (Å²) in [6.45, 7) is 9.43. The number of amides is 2. The molecule has 2 aliphatic rings. The number of fused-ring (bicyclic) bond motifs is 2. The van der Waals surface area contributed by atoms with Gasteiger partial charge in [-0.3, -0.25) is 4.79 Å². The highest BCUT2D eigenvalue weighted by molar-refractivity contribution is 5.94. The topological polar surface area (TPSA) is 102 Å². The van der Waals surface area contributed by atoms with Gasteiger partial charge in [-0.2, -0.15) is 5.26 Å². The van der Waals surface area contributed by atoms with Gasteiger partial charge in [-0.05, 0) is 117 Å². The number of ether oxygens (including phenoxy) is 1. The zero-order valence-electron chi connectivity index (χ0n) is 24.5. The van der Waals surface area contributed by atoms with Crippen LogP contribution in [0.1, 0.15) is 77.8 Å². The van der Waals surface area contributed by atoms with Gasteiger partial charge in [-0.25, -0.2) is 9.78 Å². The first-order valence-electron chi connectivity index (χ1n) is 14.5. The lowest BCUT2D eigenvalue weighted by atomic mass is 9.86. The number of nitrogens with zero attached hydrogens (tertiary/aromatic N) is 4. The Balaban J connectivity index is 1.41. The molecule has 1 saturated heterocycles. The van der Waals surface area contributed by atoms with Crippen LogP contribution < -0.4 is 0 Å². The largest absolute Gasteiger partial charge is 0.444 e. The van der Waals surface area contributed by atoms with E-state index in [1.807, 2.05) is 43.0 Å². The molecule has 0 saturated carbocycles. The van der Waals surface area contributed by atoms with Crippen LogP contribution in [0.3, 0.4) is 0 Å². The number of H-pyrrole nitrogens is 1. The fourth-order valence-electron chi connectivity index (χ4n) is 6.16. The summed E-state index contributed by atoms with van der Waals surface area (Å²) in [7, 11) is 0. The van der Waals surface area contributed by atoms with E-state index in [9.17, 15) is 9.59 Å². The lowest BCUT2D eigenvalue weighted by Gasteiger charge is -2.34. The molecule has 2 aliphatic heterocycles. The Kier molecular flexibility index (Phi) is 6.97. The van der Waals surface area contributed by atoms with E-state index in [0.717, 1.165) is 51.7 Å². The van der Waals surface area contributed by atoms with Crippen LogP contribution in [0.25, 0.3) is 22.2 Å². The summed E-state index contributed by atoms with van der Waals surface area (Å²) in [6.07, 6.45) is 6.01. The minimum atomic E-state index is -0.576. The maximum atomic E-state index is 13.5. The summed E-state index contributed by atoms with van der Waals surface area (Å²) >= 11 is 0. The summed E-state index contributed by atoms with van der Waals surface area (Å²) < 4.78 is 5.80. The first-order valence-corrected chi connectivity index (χ1v) is 14.5. The second-order valence-electron chi connectivity index (χ2n) is 12.3. The van der Waals surface area contributed by atoms with Crippen molar-refractivity contribution in [3.63, 3.8) is 0 Å². The van der Waals surface area contributed by atoms with E-state index in [2.05, 4.69) is 41.2 Å². The fraction of sp³-hybridized carbons (Fsp3) is 0.353. The van der Waals surface area contributed by atoms with Gasteiger partial charge in [0.05, 0.1) is 17.7 Å². The lowest BCUT2D eigenvalue weighted by Crippen LogP contribution is -2.38. The predicted octanol–water partition coefficient (Wildman–Crippen LogP) is 6.68. The van der Waals surface area contributed by atoms with Gasteiger partial charge in [-0.1, -0.05) is 0 Å². The van der Waals surface area contributed by atoms with E-state index >= 15 is 0 Å². The van der Waals surface area contributed by atoms with E-state index in [1.165, 1.54) is 5.56 Å². The molecule has 6 rings (SSSR count). The van der Waals surface area contributed by atoms with Gasteiger partial charge >= 0.3 is 6.09 Å². The number of nitriles is 1. The number of benzene rings is 2. The van der Waals surface area contributed by atoms with Gasteiger partial charge < -0.3 is 19.5 Å². The van der Waals surface area contributed by atoms with Crippen molar-refractivity contribution >= 4 is 23.0 Å². The highest BCUT2D eigenvalue weighted by Gasteiger charge is 2.36. The zero-order chi connectivity index (χ0) is 29.6. The zero-order valence-corrected chi connectivity index (χ0v) is 24.5. The van der Waals surface area contributed by atoms with Gasteiger partial charge in [-0.15, -0.1) is 0 Å². The molecule has 0 radical (unpaired) electrons. The molecule has 0 aliphatic carbocycles. The van der Waals surface area contributed by atoms with Crippen molar-refractivity contribution in [2.75, 3.05) is 13.1 Å². The molecular formula is C34H35N5O3. The van der Waals surface area contributed by atoms with Crippen molar-refractivity contribution in [2.24, 2.45) is 0 Å². The molecule has 8 nitrogen and oxygen atoms in total. The molecule has 214 valence electrons. The highest BCUT2D eigenvalue weighted by Crippen LogP contribution is 2.40. The van der Waals surface area contributed by atoms with Crippen LogP contribution in [0.15, 0.2) is 54.9 Å². The van der Waals surface area contributed by atoms with Gasteiger partial charge in [0.1, 0.15) is 11.2 Å². The standard InChI is InChI=1S/C34H35N5O3/c1-21-18-36-31-28(21)16-25(19-37-31)24-14-26-20-38(32(40)23-9-7-22(17-35)8-10-23)13-11-27(26)29(15-24)30-6-5-12-39(30)33(41)42-34(2,3)4/h7-10,14-16,18-19,30H,5-6,11-13,20H2,1-4H3,(H,36,37). The Morgan fingerprint density at radius 1 is 1.10 bits per heavy atom. The molecule has 42 heavy (non-hydrogen) atoms. The third kappa shape index (κ3) is 5.23. The van der Waals surface area contributed by atoms with Crippen LogP contribution in [0.2, 0.25) is 0 Å². The first kappa shape index (κ1) is 27.5. The van der Waals surface area contributed by atoms with Crippen molar-refractivity contribution in [3.8, 4) is 17.2 Å². The maximum absolute atomic E-state index is 13.5. The third-order valence-corrected chi connectivity index (χ3v) is 8.23. The molecule has 4 aromatic rings. The number of carbonyl (C=O) groups excluding carboxylic acids is 2. The van der Waals surface area contributed by atoms with Crippen molar-refractivity contribution in [1.29, 1.82) is 5.26 Å². The minimum absolute atomic E-state index is 0.0561. The predicted molar refractivity (Wildman–Crippen MR) is 161 cm³/mol. The lowest BCUT2D eigenvalue weighted by molar-refractivity contribution is 0.0223. The van der Waals surface area contributed by atoms with Crippen LogP contribution >= 0.6 is 0 Å². The van der Waals surface area contributed by atoms with Gasteiger partial charge in [0.2, 0.25) is 0 Å². The number of aryl methyl sites for hydroxylation is 1. The number of likely N-dealkylation sites (tertiary alicyclic amines) is 1. The molecule has 2 aromatic carbocycles. The van der Waals surface area contributed by atoms with E-state index in [0.29, 0.717) is 37.2 Å². The second kappa shape index (κ2) is 10.6. The van der Waals surface area contributed by atoms with Crippen molar-refractivity contribution in [1.82, 2.24) is 19.8 Å². The molecule has 4 heterocycles. The van der Waals surface area contributed by atoms with Crippen LogP contribution in [0.4, 0.5) is 4.79 Å². The van der Waals surface area contributed by atoms with Crippen molar-refractivity contribution in [2.45, 2.75) is 65.1 Å². The number of pyridine rings is 1. The molecule has 0 spiro atoms. The number of hydrogen-bond donors (Lipinski definition) is 1. The van der Waals surface area contributed by atoms with E-state index in [-0.39, 0.29) is 18.0 Å². The molecule has 0 bridgehead atoms. The summed E-state index contributed by atoms with van der Waals surface area (Å²) in [6, 6.07) is 15.4. The van der Waals surface area contributed by atoms with Crippen LogP contribution in [-0.4, -0.2) is 50.5 Å². The molecular weight excluding hydrogens is 526 g/mol. The number of rotatable bonds is 3. The molecule has 1 N–H and O–H groups in total. The Labute approximate surface area is 245 Å². The van der Waals surface area contributed by atoms with Crippen LogP contribution in [0, 0.1) is 18.3 Å². The molecule has 2 aromatic heterocycles. The number of hydrogen-bond acceptors (Lipinski definition) is 5. The molecule has 1 unspecified atom stereocenters. The SMILES string of the molecule is Cc1c[nH]c2ncc(-c3cc4c(c(C5CCCN5C(=O)OC(C)(C)C)c3)CCN(C(=O)c3ccc(C#N)cc3)C4)cc12.